The largest absolute Gasteiger partial charge is 0.476 e. The third-order valence-electron chi connectivity index (χ3n) is 5.35. The molecule has 0 radical (unpaired) electrons. The Kier molecular flexibility index (Phi) is 6.56. The standard InChI is InChI=1S/C20H31N5O4/c1-20(2,3)29-19(28)25-8-6-15(7-9-25)14-23-10-12-24(13-11-23)17-5-4-16(18(26)27)21-22-17/h4-5,15H,6-14H2,1-3H3,(H,26,27). The number of piperazine rings is 1. The van der Waals surface area contributed by atoms with Crippen LogP contribution in [0, 0.1) is 5.92 Å². The summed E-state index contributed by atoms with van der Waals surface area (Å²) in [6.45, 7) is 11.8. The molecule has 9 nitrogen and oxygen atoms in total. The van der Waals surface area contributed by atoms with Crippen LogP contribution in [0.15, 0.2) is 12.1 Å². The van der Waals surface area contributed by atoms with E-state index in [0.717, 1.165) is 64.5 Å². The molecular formula is C20H31N5O4. The number of carbonyl (C=O) groups excluding carboxylic acids is 1. The Bertz CT molecular complexity index is 703. The maximum atomic E-state index is 12.2. The van der Waals surface area contributed by atoms with E-state index in [1.807, 2.05) is 25.7 Å². The summed E-state index contributed by atoms with van der Waals surface area (Å²) < 4.78 is 5.46. The first-order valence-corrected chi connectivity index (χ1v) is 10.2. The fourth-order valence-corrected chi connectivity index (χ4v) is 3.76. The Hall–Kier alpha value is -2.42. The first-order valence-electron chi connectivity index (χ1n) is 10.2. The van der Waals surface area contributed by atoms with E-state index in [1.165, 1.54) is 6.07 Å². The number of aromatic nitrogens is 2. The van der Waals surface area contributed by atoms with Gasteiger partial charge in [-0.2, -0.15) is 0 Å². The van der Waals surface area contributed by atoms with E-state index in [2.05, 4.69) is 20.0 Å². The highest BCUT2D eigenvalue weighted by atomic mass is 16.6. The lowest BCUT2D eigenvalue weighted by Crippen LogP contribution is -2.49. The lowest BCUT2D eigenvalue weighted by Gasteiger charge is -2.39. The number of anilines is 1. The second-order valence-electron chi connectivity index (χ2n) is 8.78. The molecule has 0 atom stereocenters. The van der Waals surface area contributed by atoms with Crippen molar-refractivity contribution in [3.8, 4) is 0 Å². The highest BCUT2D eigenvalue weighted by Crippen LogP contribution is 2.22. The lowest BCUT2D eigenvalue weighted by atomic mass is 9.96. The SMILES string of the molecule is CC(C)(C)OC(=O)N1CCC(CN2CCN(c3ccc(C(=O)O)nn3)CC2)CC1. The minimum absolute atomic E-state index is 0.0369. The fourth-order valence-electron chi connectivity index (χ4n) is 3.76. The van der Waals surface area contributed by atoms with Gasteiger partial charge in [-0.1, -0.05) is 0 Å². The molecule has 3 heterocycles. The average Bonchev–Trinajstić information content (AvgIpc) is 2.68. The van der Waals surface area contributed by atoms with Crippen LogP contribution in [0.25, 0.3) is 0 Å². The van der Waals surface area contributed by atoms with E-state index in [-0.39, 0.29) is 11.8 Å². The number of carboxylic acid groups (broad SMARTS) is 1. The zero-order valence-electron chi connectivity index (χ0n) is 17.5. The molecule has 0 unspecified atom stereocenters. The first-order chi connectivity index (χ1) is 13.7. The molecule has 0 spiro atoms. The van der Waals surface area contributed by atoms with Gasteiger partial charge in [-0.15, -0.1) is 10.2 Å². The summed E-state index contributed by atoms with van der Waals surface area (Å²) in [6, 6.07) is 3.22. The number of hydrogen-bond acceptors (Lipinski definition) is 7. The lowest BCUT2D eigenvalue weighted by molar-refractivity contribution is 0.0168. The van der Waals surface area contributed by atoms with Crippen molar-refractivity contribution in [1.29, 1.82) is 0 Å². The number of carboxylic acids is 1. The first kappa shape index (κ1) is 21.3. The Morgan fingerprint density at radius 1 is 1.07 bits per heavy atom. The molecule has 1 amide bonds. The second kappa shape index (κ2) is 8.94. The van der Waals surface area contributed by atoms with Gasteiger partial charge in [0.25, 0.3) is 0 Å². The van der Waals surface area contributed by atoms with E-state index < -0.39 is 11.6 Å². The van der Waals surface area contributed by atoms with E-state index in [0.29, 0.717) is 5.92 Å². The van der Waals surface area contributed by atoms with Crippen molar-refractivity contribution in [3.63, 3.8) is 0 Å². The quantitative estimate of drug-likeness (QED) is 0.811. The van der Waals surface area contributed by atoms with E-state index in [1.54, 1.807) is 6.07 Å². The summed E-state index contributed by atoms with van der Waals surface area (Å²) >= 11 is 0. The van der Waals surface area contributed by atoms with E-state index in [4.69, 9.17) is 9.84 Å². The van der Waals surface area contributed by atoms with E-state index >= 15 is 0 Å². The van der Waals surface area contributed by atoms with Crippen LogP contribution in [0.5, 0.6) is 0 Å². The third-order valence-corrected chi connectivity index (χ3v) is 5.35. The molecule has 0 saturated carbocycles. The van der Waals surface area contributed by atoms with Gasteiger partial charge in [-0.25, -0.2) is 9.59 Å². The molecule has 9 heteroatoms. The van der Waals surface area contributed by atoms with Gasteiger partial charge in [0, 0.05) is 45.8 Å². The average molecular weight is 405 g/mol. The van der Waals surface area contributed by atoms with Gasteiger partial charge >= 0.3 is 12.1 Å². The molecule has 2 aliphatic rings. The third kappa shape index (κ3) is 6.03. The summed E-state index contributed by atoms with van der Waals surface area (Å²) in [5, 5.41) is 16.7. The smallest absolute Gasteiger partial charge is 0.410 e. The molecule has 0 aromatic carbocycles. The van der Waals surface area contributed by atoms with Gasteiger partial charge in [-0.3, -0.25) is 4.90 Å². The van der Waals surface area contributed by atoms with Gasteiger partial charge in [0.15, 0.2) is 11.5 Å². The van der Waals surface area contributed by atoms with Crippen LogP contribution >= 0.6 is 0 Å². The fraction of sp³-hybridized carbons (Fsp3) is 0.700. The van der Waals surface area contributed by atoms with Crippen molar-refractivity contribution < 1.29 is 19.4 Å². The van der Waals surface area contributed by atoms with Gasteiger partial charge in [0.05, 0.1) is 0 Å². The summed E-state index contributed by atoms with van der Waals surface area (Å²) in [5.74, 6) is 0.252. The predicted octanol–water partition coefficient (Wildman–Crippen LogP) is 1.94. The molecule has 29 heavy (non-hydrogen) atoms. The molecule has 1 aromatic heterocycles. The molecule has 2 saturated heterocycles. The Labute approximate surface area is 171 Å². The van der Waals surface area contributed by atoms with E-state index in [9.17, 15) is 9.59 Å². The minimum Gasteiger partial charge on any atom is -0.476 e. The van der Waals surface area contributed by atoms with Gasteiger partial charge in [0.1, 0.15) is 5.60 Å². The second-order valence-corrected chi connectivity index (χ2v) is 8.78. The van der Waals surface area contributed by atoms with Crippen molar-refractivity contribution >= 4 is 17.9 Å². The molecule has 0 bridgehead atoms. The van der Waals surface area contributed by atoms with Gasteiger partial charge in [0.2, 0.25) is 0 Å². The molecular weight excluding hydrogens is 374 g/mol. The highest BCUT2D eigenvalue weighted by Gasteiger charge is 2.28. The maximum Gasteiger partial charge on any atom is 0.410 e. The predicted molar refractivity (Wildman–Crippen MR) is 108 cm³/mol. The number of nitrogens with zero attached hydrogens (tertiary/aromatic N) is 5. The topological polar surface area (TPSA) is 99.1 Å². The number of carbonyl (C=O) groups is 2. The molecule has 0 aliphatic carbocycles. The van der Waals surface area contributed by atoms with Crippen LogP contribution < -0.4 is 4.90 Å². The van der Waals surface area contributed by atoms with Crippen molar-refractivity contribution in [1.82, 2.24) is 20.0 Å². The van der Waals surface area contributed by atoms with Crippen LogP contribution in [0.3, 0.4) is 0 Å². The van der Waals surface area contributed by atoms with Crippen molar-refractivity contribution in [2.75, 3.05) is 50.7 Å². The zero-order chi connectivity index (χ0) is 21.0. The number of hydrogen-bond donors (Lipinski definition) is 1. The zero-order valence-corrected chi connectivity index (χ0v) is 17.5. The molecule has 2 aliphatic heterocycles. The Morgan fingerprint density at radius 3 is 2.24 bits per heavy atom. The summed E-state index contributed by atoms with van der Waals surface area (Å²) in [5.41, 5.74) is -0.489. The van der Waals surface area contributed by atoms with Crippen LogP contribution in [0.1, 0.15) is 44.1 Å². The summed E-state index contributed by atoms with van der Waals surface area (Å²) in [6.07, 6.45) is 1.79. The summed E-state index contributed by atoms with van der Waals surface area (Å²) in [4.78, 5) is 29.5. The number of aromatic carboxylic acids is 1. The number of piperidine rings is 1. The van der Waals surface area contributed by atoms with Gasteiger partial charge in [-0.05, 0) is 51.7 Å². The highest BCUT2D eigenvalue weighted by molar-refractivity contribution is 5.85. The van der Waals surface area contributed by atoms with Crippen LogP contribution in [0.2, 0.25) is 0 Å². The normalized spacial score (nSPS) is 19.3. The number of amides is 1. The van der Waals surface area contributed by atoms with Crippen LogP contribution in [-0.4, -0.2) is 88.6 Å². The molecule has 160 valence electrons. The number of likely N-dealkylation sites (tertiary alicyclic amines) is 1. The minimum atomic E-state index is -1.06. The van der Waals surface area contributed by atoms with Gasteiger partial charge < -0.3 is 19.6 Å². The monoisotopic (exact) mass is 405 g/mol. The Balaban J connectivity index is 1.40. The number of rotatable bonds is 4. The van der Waals surface area contributed by atoms with Crippen molar-refractivity contribution in [3.05, 3.63) is 17.8 Å². The molecule has 1 aromatic rings. The number of ether oxygens (including phenoxy) is 1. The molecule has 3 rings (SSSR count). The maximum absolute atomic E-state index is 12.2. The molecule has 2 fully saturated rings. The molecule has 1 N–H and O–H groups in total. The van der Waals surface area contributed by atoms with Crippen molar-refractivity contribution in [2.45, 2.75) is 39.2 Å². The van der Waals surface area contributed by atoms with Crippen LogP contribution in [0.4, 0.5) is 10.6 Å². The summed E-state index contributed by atoms with van der Waals surface area (Å²) in [7, 11) is 0. The Morgan fingerprint density at radius 2 is 1.72 bits per heavy atom. The van der Waals surface area contributed by atoms with Crippen molar-refractivity contribution in [2.24, 2.45) is 5.92 Å². The van der Waals surface area contributed by atoms with Crippen LogP contribution in [-0.2, 0) is 4.74 Å².